The van der Waals surface area contributed by atoms with Crippen molar-refractivity contribution in [3.63, 3.8) is 0 Å². The fourth-order valence-electron chi connectivity index (χ4n) is 4.16. The second kappa shape index (κ2) is 10.4. The van der Waals surface area contributed by atoms with E-state index in [4.69, 9.17) is 9.47 Å². The second-order valence-electron chi connectivity index (χ2n) is 8.62. The van der Waals surface area contributed by atoms with Crippen molar-refractivity contribution in [3.05, 3.63) is 90.0 Å². The Bertz CT molecular complexity index is 1090. The number of hydrogen-bond donors (Lipinski definition) is 4. The monoisotopic (exact) mass is 464 g/mol. The molecule has 34 heavy (non-hydrogen) atoms. The number of benzene rings is 3. The standard InChI is InChI=1S/C27H28O7/c28-23-14-27(26(31)32,15-24(29)25(23)30)34-17-19-7-4-8-21(13-19)20-9-11-22(12-10-20)33-16-18-5-2-1-3-6-18/h1-13,23-25,28-30H,14-17H2,(H,31,32)/t23-,24-,25?,27?/m1/s1. The zero-order valence-corrected chi connectivity index (χ0v) is 18.6. The van der Waals surface area contributed by atoms with Gasteiger partial charge in [-0.3, -0.25) is 0 Å². The summed E-state index contributed by atoms with van der Waals surface area (Å²) in [5, 5.41) is 39.5. The molecule has 7 heteroatoms. The number of ether oxygens (including phenoxy) is 2. The van der Waals surface area contributed by atoms with Crippen LogP contribution in [0.4, 0.5) is 0 Å². The van der Waals surface area contributed by atoms with E-state index in [-0.39, 0.29) is 19.4 Å². The first-order valence-corrected chi connectivity index (χ1v) is 11.1. The van der Waals surface area contributed by atoms with E-state index in [9.17, 15) is 25.2 Å². The highest BCUT2D eigenvalue weighted by molar-refractivity contribution is 5.78. The molecular weight excluding hydrogens is 436 g/mol. The number of rotatable bonds is 8. The van der Waals surface area contributed by atoms with Crippen LogP contribution in [0.1, 0.15) is 24.0 Å². The van der Waals surface area contributed by atoms with Crippen LogP contribution in [0.2, 0.25) is 0 Å². The minimum atomic E-state index is -1.77. The molecule has 0 bridgehead atoms. The second-order valence-corrected chi connectivity index (χ2v) is 8.62. The van der Waals surface area contributed by atoms with Gasteiger partial charge in [0.2, 0.25) is 0 Å². The van der Waals surface area contributed by atoms with Crippen LogP contribution in [-0.4, -0.2) is 50.3 Å². The van der Waals surface area contributed by atoms with Crippen molar-refractivity contribution in [2.75, 3.05) is 0 Å². The molecule has 4 rings (SSSR count). The highest BCUT2D eigenvalue weighted by Crippen LogP contribution is 2.34. The largest absolute Gasteiger partial charge is 0.489 e. The van der Waals surface area contributed by atoms with E-state index in [0.29, 0.717) is 6.61 Å². The Morgan fingerprint density at radius 2 is 1.44 bits per heavy atom. The van der Waals surface area contributed by atoms with Gasteiger partial charge in [0, 0.05) is 12.8 Å². The van der Waals surface area contributed by atoms with Crippen LogP contribution in [0.5, 0.6) is 5.75 Å². The third-order valence-electron chi connectivity index (χ3n) is 6.13. The lowest BCUT2D eigenvalue weighted by atomic mass is 9.79. The fourth-order valence-corrected chi connectivity index (χ4v) is 4.16. The minimum absolute atomic E-state index is 0.0199. The first kappa shape index (κ1) is 23.9. The molecule has 1 saturated carbocycles. The van der Waals surface area contributed by atoms with Crippen LogP contribution in [0, 0.1) is 0 Å². The quantitative estimate of drug-likeness (QED) is 0.405. The van der Waals surface area contributed by atoms with E-state index in [0.717, 1.165) is 28.0 Å². The van der Waals surface area contributed by atoms with E-state index in [2.05, 4.69) is 0 Å². The molecule has 0 heterocycles. The van der Waals surface area contributed by atoms with E-state index >= 15 is 0 Å². The van der Waals surface area contributed by atoms with E-state index in [1.807, 2.05) is 78.9 Å². The average molecular weight is 465 g/mol. The first-order valence-electron chi connectivity index (χ1n) is 11.1. The van der Waals surface area contributed by atoms with Gasteiger partial charge >= 0.3 is 5.97 Å². The number of hydrogen-bond acceptors (Lipinski definition) is 6. The molecule has 0 spiro atoms. The number of aliphatic carboxylic acids is 1. The molecule has 1 aliphatic rings. The van der Waals surface area contributed by atoms with Crippen molar-refractivity contribution in [2.24, 2.45) is 0 Å². The van der Waals surface area contributed by atoms with Gasteiger partial charge in [0.05, 0.1) is 18.8 Å². The van der Waals surface area contributed by atoms with Gasteiger partial charge in [0.15, 0.2) is 5.60 Å². The third-order valence-corrected chi connectivity index (χ3v) is 6.13. The lowest BCUT2D eigenvalue weighted by Crippen LogP contribution is -2.57. The number of carboxylic acids is 1. The van der Waals surface area contributed by atoms with Crippen molar-refractivity contribution in [2.45, 2.75) is 50.0 Å². The normalized spacial score (nSPS) is 24.5. The summed E-state index contributed by atoms with van der Waals surface area (Å²) >= 11 is 0. The number of aliphatic hydroxyl groups excluding tert-OH is 3. The molecule has 0 radical (unpaired) electrons. The summed E-state index contributed by atoms with van der Waals surface area (Å²) in [5.41, 5.74) is 1.96. The highest BCUT2D eigenvalue weighted by Gasteiger charge is 2.50. The molecule has 1 aliphatic carbocycles. The fraction of sp³-hybridized carbons (Fsp3) is 0.296. The molecule has 0 aromatic heterocycles. The first-order chi connectivity index (χ1) is 16.4. The van der Waals surface area contributed by atoms with Crippen molar-refractivity contribution < 1.29 is 34.7 Å². The smallest absolute Gasteiger partial charge is 0.336 e. The Labute approximate surface area is 197 Å². The Balaban J connectivity index is 1.42. The predicted molar refractivity (Wildman–Crippen MR) is 125 cm³/mol. The van der Waals surface area contributed by atoms with Crippen LogP contribution in [0.15, 0.2) is 78.9 Å². The molecule has 3 aromatic carbocycles. The summed E-state index contributed by atoms with van der Waals surface area (Å²) in [6, 6.07) is 25.1. The summed E-state index contributed by atoms with van der Waals surface area (Å²) in [4.78, 5) is 11.9. The zero-order chi connectivity index (χ0) is 24.1. The molecule has 1 fully saturated rings. The zero-order valence-electron chi connectivity index (χ0n) is 18.6. The van der Waals surface area contributed by atoms with Crippen molar-refractivity contribution in [1.82, 2.24) is 0 Å². The van der Waals surface area contributed by atoms with Crippen LogP contribution in [0.25, 0.3) is 11.1 Å². The molecular formula is C27H28O7. The van der Waals surface area contributed by atoms with Gasteiger partial charge in [-0.25, -0.2) is 4.79 Å². The van der Waals surface area contributed by atoms with Crippen molar-refractivity contribution in [1.29, 1.82) is 0 Å². The topological polar surface area (TPSA) is 116 Å². The van der Waals surface area contributed by atoms with E-state index < -0.39 is 29.9 Å². The van der Waals surface area contributed by atoms with Gasteiger partial charge in [-0.1, -0.05) is 60.7 Å². The predicted octanol–water partition coefficient (Wildman–Crippen LogP) is 3.15. The van der Waals surface area contributed by atoms with E-state index in [1.165, 1.54) is 0 Å². The summed E-state index contributed by atoms with van der Waals surface area (Å²) in [6.45, 7) is 0.465. The Morgan fingerprint density at radius 3 is 2.09 bits per heavy atom. The Hall–Kier alpha value is -3.23. The Kier molecular flexibility index (Phi) is 7.29. The number of carboxylic acid groups (broad SMARTS) is 1. The molecule has 2 atom stereocenters. The summed E-state index contributed by atoms with van der Waals surface area (Å²) in [6.07, 6.45) is -4.75. The molecule has 0 amide bonds. The maximum atomic E-state index is 11.9. The maximum Gasteiger partial charge on any atom is 0.336 e. The van der Waals surface area contributed by atoms with Crippen LogP contribution in [-0.2, 0) is 22.7 Å². The highest BCUT2D eigenvalue weighted by atomic mass is 16.5. The van der Waals surface area contributed by atoms with Crippen LogP contribution in [0.3, 0.4) is 0 Å². The van der Waals surface area contributed by atoms with Gasteiger partial charge in [0.1, 0.15) is 18.5 Å². The van der Waals surface area contributed by atoms with Crippen molar-refractivity contribution >= 4 is 5.97 Å². The summed E-state index contributed by atoms with van der Waals surface area (Å²) < 4.78 is 11.6. The Morgan fingerprint density at radius 1 is 0.794 bits per heavy atom. The van der Waals surface area contributed by atoms with Crippen LogP contribution >= 0.6 is 0 Å². The van der Waals surface area contributed by atoms with Gasteiger partial charge < -0.3 is 29.9 Å². The molecule has 178 valence electrons. The van der Waals surface area contributed by atoms with Gasteiger partial charge in [-0.15, -0.1) is 0 Å². The summed E-state index contributed by atoms with van der Waals surface area (Å²) in [7, 11) is 0. The van der Waals surface area contributed by atoms with Gasteiger partial charge in [-0.05, 0) is 40.5 Å². The lowest BCUT2D eigenvalue weighted by Gasteiger charge is -2.40. The third kappa shape index (κ3) is 5.46. The lowest BCUT2D eigenvalue weighted by molar-refractivity contribution is -0.202. The summed E-state index contributed by atoms with van der Waals surface area (Å²) in [5.74, 6) is -0.521. The molecule has 0 aliphatic heterocycles. The van der Waals surface area contributed by atoms with Gasteiger partial charge in [-0.2, -0.15) is 0 Å². The maximum absolute atomic E-state index is 11.9. The molecule has 3 aromatic rings. The number of carbonyl (C=O) groups is 1. The minimum Gasteiger partial charge on any atom is -0.489 e. The molecule has 0 saturated heterocycles. The van der Waals surface area contributed by atoms with Crippen LogP contribution < -0.4 is 4.74 Å². The van der Waals surface area contributed by atoms with Gasteiger partial charge in [0.25, 0.3) is 0 Å². The molecule has 4 N–H and O–H groups in total. The van der Waals surface area contributed by atoms with E-state index in [1.54, 1.807) is 0 Å². The molecule has 0 unspecified atom stereocenters. The number of aliphatic hydroxyl groups is 3. The average Bonchev–Trinajstić information content (AvgIpc) is 2.86. The van der Waals surface area contributed by atoms with Crippen molar-refractivity contribution in [3.8, 4) is 16.9 Å². The molecule has 7 nitrogen and oxygen atoms in total. The SMILES string of the molecule is O=C(O)C1(OCc2cccc(-c3ccc(OCc4ccccc4)cc3)c2)C[C@@H](O)C(O)[C@H](O)C1.